The van der Waals surface area contributed by atoms with Crippen LogP contribution in [0.25, 0.3) is 0 Å². The maximum Gasteiger partial charge on any atom is 0.248 e. The number of nitrogens with two attached hydrogens (primary N) is 1. The third-order valence-electron chi connectivity index (χ3n) is 3.92. The van der Waals surface area contributed by atoms with E-state index in [1.165, 1.54) is 10.6 Å². The van der Waals surface area contributed by atoms with Crippen molar-refractivity contribution in [2.75, 3.05) is 25.5 Å². The van der Waals surface area contributed by atoms with Crippen molar-refractivity contribution < 1.29 is 4.79 Å². The van der Waals surface area contributed by atoms with Gasteiger partial charge in [-0.15, -0.1) is 12.4 Å². The summed E-state index contributed by atoms with van der Waals surface area (Å²) >= 11 is 1.74. The molecule has 1 heterocycles. The van der Waals surface area contributed by atoms with E-state index in [9.17, 15) is 4.79 Å². The van der Waals surface area contributed by atoms with Gasteiger partial charge in [0.1, 0.15) is 0 Å². The van der Waals surface area contributed by atoms with Crippen LogP contribution in [0.15, 0.2) is 52.3 Å². The number of para-hydroxylation sites is 1. The molecule has 0 saturated carbocycles. The molecule has 128 valence electrons. The minimum Gasteiger partial charge on any atom is -0.366 e. The second kappa shape index (κ2) is 7.47. The fraction of sp³-hybridized carbons (Fsp3) is 0.278. The molecule has 24 heavy (non-hydrogen) atoms. The van der Waals surface area contributed by atoms with Crippen LogP contribution < -0.4 is 10.6 Å². The van der Waals surface area contributed by atoms with E-state index in [2.05, 4.69) is 55.1 Å². The molecule has 1 aliphatic heterocycles. The number of carbonyl (C=O) groups is 1. The van der Waals surface area contributed by atoms with E-state index in [4.69, 9.17) is 5.73 Å². The molecule has 3 rings (SSSR count). The van der Waals surface area contributed by atoms with E-state index in [1.54, 1.807) is 17.8 Å². The fourth-order valence-corrected chi connectivity index (χ4v) is 4.07. The zero-order valence-electron chi connectivity index (χ0n) is 14.0. The van der Waals surface area contributed by atoms with Crippen molar-refractivity contribution in [2.24, 2.45) is 5.73 Å². The first-order chi connectivity index (χ1) is 11.0. The zero-order valence-corrected chi connectivity index (χ0v) is 15.7. The van der Waals surface area contributed by atoms with Gasteiger partial charge in [0.2, 0.25) is 5.91 Å². The summed E-state index contributed by atoms with van der Waals surface area (Å²) in [4.78, 5) is 18.4. The topological polar surface area (TPSA) is 49.6 Å². The summed E-state index contributed by atoms with van der Waals surface area (Å²) in [5.74, 6) is -0.392. The summed E-state index contributed by atoms with van der Waals surface area (Å²) in [5, 5.41) is 0. The molecule has 2 aromatic rings. The van der Waals surface area contributed by atoms with Gasteiger partial charge in [0.05, 0.1) is 11.4 Å². The van der Waals surface area contributed by atoms with Gasteiger partial charge in [-0.05, 0) is 51.4 Å². The molecule has 2 aromatic carbocycles. The number of hydrogen-bond donors (Lipinski definition) is 1. The Hall–Kier alpha value is -1.69. The third-order valence-corrected chi connectivity index (χ3v) is 5.05. The molecule has 2 N–H and O–H groups in total. The Kier molecular flexibility index (Phi) is 5.80. The predicted octanol–water partition coefficient (Wildman–Crippen LogP) is 3.76. The van der Waals surface area contributed by atoms with Crippen LogP contribution in [-0.2, 0) is 0 Å². The number of amides is 1. The highest BCUT2D eigenvalue weighted by atomic mass is 35.5. The van der Waals surface area contributed by atoms with Crippen molar-refractivity contribution in [1.82, 2.24) is 4.90 Å². The fourth-order valence-electron chi connectivity index (χ4n) is 3.02. The van der Waals surface area contributed by atoms with Crippen molar-refractivity contribution in [2.45, 2.75) is 22.8 Å². The number of likely N-dealkylation sites (N-methyl/N-ethyl adjacent to an activating group) is 1. The standard InChI is InChI=1S/C18H21N3OS.ClH/c1-12(11-20(2)3)21-14-6-4-5-7-16(14)23-17-9-8-13(18(19)22)10-15(17)21;/h4-10,12H,11H2,1-3H3,(H2,19,22);1H. The highest BCUT2D eigenvalue weighted by Gasteiger charge is 2.27. The van der Waals surface area contributed by atoms with Gasteiger partial charge in [0.25, 0.3) is 0 Å². The summed E-state index contributed by atoms with van der Waals surface area (Å²) in [7, 11) is 4.14. The van der Waals surface area contributed by atoms with Crippen molar-refractivity contribution >= 4 is 41.5 Å². The van der Waals surface area contributed by atoms with Gasteiger partial charge >= 0.3 is 0 Å². The Labute approximate surface area is 153 Å². The third kappa shape index (κ3) is 3.53. The van der Waals surface area contributed by atoms with Crippen molar-refractivity contribution in [3.8, 4) is 0 Å². The maximum absolute atomic E-state index is 11.6. The molecule has 0 aliphatic carbocycles. The van der Waals surface area contributed by atoms with Crippen LogP contribution in [-0.4, -0.2) is 37.5 Å². The van der Waals surface area contributed by atoms with Gasteiger partial charge in [0.15, 0.2) is 0 Å². The lowest BCUT2D eigenvalue weighted by Crippen LogP contribution is -2.38. The van der Waals surface area contributed by atoms with Gasteiger partial charge in [-0.1, -0.05) is 23.9 Å². The lowest BCUT2D eigenvalue weighted by atomic mass is 10.1. The lowest BCUT2D eigenvalue weighted by Gasteiger charge is -2.38. The first-order valence-corrected chi connectivity index (χ1v) is 8.43. The smallest absolute Gasteiger partial charge is 0.248 e. The van der Waals surface area contributed by atoms with Gasteiger partial charge in [-0.2, -0.15) is 0 Å². The number of halogens is 1. The van der Waals surface area contributed by atoms with Crippen LogP contribution >= 0.6 is 24.2 Å². The molecule has 1 unspecified atom stereocenters. The molecular weight excluding hydrogens is 342 g/mol. The average Bonchev–Trinajstić information content (AvgIpc) is 2.51. The monoisotopic (exact) mass is 363 g/mol. The van der Waals surface area contributed by atoms with Crippen LogP contribution in [0.2, 0.25) is 0 Å². The van der Waals surface area contributed by atoms with Gasteiger partial charge < -0.3 is 15.5 Å². The van der Waals surface area contributed by atoms with E-state index in [0.717, 1.165) is 17.1 Å². The Morgan fingerprint density at radius 2 is 1.83 bits per heavy atom. The maximum atomic E-state index is 11.6. The lowest BCUT2D eigenvalue weighted by molar-refractivity contribution is 0.1000. The van der Waals surface area contributed by atoms with E-state index in [1.807, 2.05) is 12.1 Å². The van der Waals surface area contributed by atoms with Crippen molar-refractivity contribution in [3.63, 3.8) is 0 Å². The normalized spacial score (nSPS) is 13.8. The molecule has 4 nitrogen and oxygen atoms in total. The molecule has 0 saturated heterocycles. The Balaban J connectivity index is 0.00000208. The molecule has 0 radical (unpaired) electrons. The van der Waals surface area contributed by atoms with Gasteiger partial charge in [-0.3, -0.25) is 4.79 Å². The van der Waals surface area contributed by atoms with Crippen LogP contribution in [0, 0.1) is 0 Å². The van der Waals surface area contributed by atoms with Crippen LogP contribution in [0.3, 0.4) is 0 Å². The Bertz CT molecular complexity index is 751. The largest absolute Gasteiger partial charge is 0.366 e. The van der Waals surface area contributed by atoms with Gasteiger partial charge in [0, 0.05) is 27.9 Å². The minimum absolute atomic E-state index is 0. The first kappa shape index (κ1) is 18.6. The molecule has 6 heteroatoms. The average molecular weight is 364 g/mol. The van der Waals surface area contributed by atoms with Crippen molar-refractivity contribution in [1.29, 1.82) is 0 Å². The van der Waals surface area contributed by atoms with Crippen LogP contribution in [0.5, 0.6) is 0 Å². The summed E-state index contributed by atoms with van der Waals surface area (Å²) < 4.78 is 0. The summed E-state index contributed by atoms with van der Waals surface area (Å²) in [6, 6.07) is 14.4. The predicted molar refractivity (Wildman–Crippen MR) is 103 cm³/mol. The quantitative estimate of drug-likeness (QED) is 0.898. The summed E-state index contributed by atoms with van der Waals surface area (Å²) in [5.41, 5.74) is 8.25. The molecule has 0 spiro atoms. The molecular formula is C18H22ClN3OS. The van der Waals surface area contributed by atoms with Crippen molar-refractivity contribution in [3.05, 3.63) is 48.0 Å². The van der Waals surface area contributed by atoms with E-state index in [0.29, 0.717) is 5.56 Å². The number of primary amides is 1. The number of nitrogens with zero attached hydrogens (tertiary/aromatic N) is 2. The van der Waals surface area contributed by atoms with Gasteiger partial charge in [-0.25, -0.2) is 0 Å². The molecule has 1 amide bonds. The Morgan fingerprint density at radius 1 is 1.17 bits per heavy atom. The summed E-state index contributed by atoms with van der Waals surface area (Å²) in [6.45, 7) is 3.12. The number of anilines is 2. The molecule has 0 bridgehead atoms. The van der Waals surface area contributed by atoms with Crippen LogP contribution in [0.4, 0.5) is 11.4 Å². The highest BCUT2D eigenvalue weighted by Crippen LogP contribution is 2.49. The van der Waals surface area contributed by atoms with Crippen LogP contribution in [0.1, 0.15) is 17.3 Å². The zero-order chi connectivity index (χ0) is 16.6. The SMILES string of the molecule is CC(CN(C)C)N1c2ccccc2Sc2ccc(C(N)=O)cc21.Cl. The molecule has 0 aromatic heterocycles. The second-order valence-corrected chi connectivity index (χ2v) is 7.18. The number of benzene rings is 2. The van der Waals surface area contributed by atoms with E-state index < -0.39 is 5.91 Å². The molecule has 1 atom stereocenters. The number of fused-ring (bicyclic) bond motifs is 2. The number of hydrogen-bond acceptors (Lipinski definition) is 4. The molecule has 1 aliphatic rings. The summed E-state index contributed by atoms with van der Waals surface area (Å²) in [6.07, 6.45) is 0. The Morgan fingerprint density at radius 3 is 2.50 bits per heavy atom. The number of carbonyl (C=O) groups excluding carboxylic acids is 1. The second-order valence-electron chi connectivity index (χ2n) is 6.10. The minimum atomic E-state index is -0.392. The highest BCUT2D eigenvalue weighted by molar-refractivity contribution is 7.99. The van der Waals surface area contributed by atoms with E-state index >= 15 is 0 Å². The van der Waals surface area contributed by atoms with E-state index in [-0.39, 0.29) is 18.4 Å². The molecule has 0 fully saturated rings. The number of rotatable bonds is 4. The first-order valence-electron chi connectivity index (χ1n) is 7.62.